The summed E-state index contributed by atoms with van der Waals surface area (Å²) in [6.45, 7) is 1.91. The van der Waals surface area contributed by atoms with Gasteiger partial charge in [-0.15, -0.1) is 0 Å². The molecule has 0 bridgehead atoms. The lowest BCUT2D eigenvalue weighted by atomic mass is 9.78. The average molecular weight is 172 g/mol. The van der Waals surface area contributed by atoms with E-state index in [2.05, 4.69) is 4.74 Å². The molecule has 0 spiro atoms. The fourth-order valence-electron chi connectivity index (χ4n) is 1.82. The molecule has 12 heavy (non-hydrogen) atoms. The van der Waals surface area contributed by atoms with Crippen molar-refractivity contribution in [1.29, 1.82) is 0 Å². The zero-order valence-electron chi connectivity index (χ0n) is 7.62. The fraction of sp³-hybridized carbons (Fsp3) is 0.889. The van der Waals surface area contributed by atoms with Crippen molar-refractivity contribution in [2.45, 2.75) is 32.3 Å². The quantitative estimate of drug-likeness (QED) is 0.599. The van der Waals surface area contributed by atoms with Gasteiger partial charge < -0.3 is 9.84 Å². The summed E-state index contributed by atoms with van der Waals surface area (Å²) >= 11 is 0. The van der Waals surface area contributed by atoms with Gasteiger partial charge in [-0.2, -0.15) is 0 Å². The number of methoxy groups -OCH3 is 1. The Morgan fingerprint density at radius 1 is 1.50 bits per heavy atom. The van der Waals surface area contributed by atoms with Crippen LogP contribution < -0.4 is 0 Å². The number of carbonyl (C=O) groups is 1. The van der Waals surface area contributed by atoms with Crippen LogP contribution in [0, 0.1) is 11.8 Å². The molecule has 1 saturated carbocycles. The number of hydrogen-bond acceptors (Lipinski definition) is 3. The molecule has 3 nitrogen and oxygen atoms in total. The minimum absolute atomic E-state index is 0.0474. The molecule has 1 fully saturated rings. The van der Waals surface area contributed by atoms with Gasteiger partial charge in [0.2, 0.25) is 0 Å². The summed E-state index contributed by atoms with van der Waals surface area (Å²) < 4.78 is 4.66. The van der Waals surface area contributed by atoms with E-state index in [-0.39, 0.29) is 23.9 Å². The summed E-state index contributed by atoms with van der Waals surface area (Å²) in [6.07, 6.45) is 2.26. The molecule has 0 amide bonds. The average Bonchev–Trinajstić information content (AvgIpc) is 2.08. The molecule has 0 aromatic heterocycles. The van der Waals surface area contributed by atoms with E-state index in [4.69, 9.17) is 0 Å². The number of aliphatic hydroxyl groups is 1. The molecule has 1 rings (SSSR count). The summed E-state index contributed by atoms with van der Waals surface area (Å²) in [4.78, 5) is 11.2. The van der Waals surface area contributed by atoms with E-state index in [9.17, 15) is 9.90 Å². The van der Waals surface area contributed by atoms with E-state index in [0.717, 1.165) is 19.3 Å². The molecule has 0 saturated heterocycles. The molecule has 0 aromatic rings. The minimum Gasteiger partial charge on any atom is -0.469 e. The first-order valence-corrected chi connectivity index (χ1v) is 4.42. The molecule has 3 heteroatoms. The lowest BCUT2D eigenvalue weighted by Crippen LogP contribution is -2.35. The molecule has 1 N–H and O–H groups in total. The van der Waals surface area contributed by atoms with Crippen molar-refractivity contribution in [3.8, 4) is 0 Å². The molecule has 0 unspecified atom stereocenters. The van der Waals surface area contributed by atoms with Gasteiger partial charge in [-0.1, -0.05) is 6.92 Å². The van der Waals surface area contributed by atoms with Gasteiger partial charge in [-0.3, -0.25) is 4.79 Å². The maximum Gasteiger partial charge on any atom is 0.309 e. The molecule has 3 atom stereocenters. The topological polar surface area (TPSA) is 46.5 Å². The number of rotatable bonds is 1. The Morgan fingerprint density at radius 2 is 2.17 bits per heavy atom. The molecule has 1 aliphatic carbocycles. The second-order valence-corrected chi connectivity index (χ2v) is 3.49. The molecule has 70 valence electrons. The van der Waals surface area contributed by atoms with Gasteiger partial charge in [0.1, 0.15) is 0 Å². The van der Waals surface area contributed by atoms with E-state index in [1.165, 1.54) is 7.11 Å². The van der Waals surface area contributed by atoms with Crippen LogP contribution in [0.15, 0.2) is 0 Å². The van der Waals surface area contributed by atoms with Crippen molar-refractivity contribution in [2.75, 3.05) is 7.11 Å². The van der Waals surface area contributed by atoms with Crippen LogP contribution in [0.1, 0.15) is 26.2 Å². The number of ether oxygens (including phenoxy) is 1. The third-order valence-corrected chi connectivity index (χ3v) is 2.76. The van der Waals surface area contributed by atoms with Crippen molar-refractivity contribution in [3.05, 3.63) is 0 Å². The van der Waals surface area contributed by atoms with Crippen molar-refractivity contribution in [2.24, 2.45) is 11.8 Å². The van der Waals surface area contributed by atoms with Gasteiger partial charge in [0.25, 0.3) is 0 Å². The molecule has 1 aliphatic rings. The number of aliphatic hydroxyl groups excluding tert-OH is 1. The lowest BCUT2D eigenvalue weighted by molar-refractivity contribution is -0.150. The highest BCUT2D eigenvalue weighted by atomic mass is 16.5. The predicted molar refractivity (Wildman–Crippen MR) is 44.5 cm³/mol. The van der Waals surface area contributed by atoms with Crippen molar-refractivity contribution >= 4 is 5.97 Å². The highest BCUT2D eigenvalue weighted by molar-refractivity contribution is 5.72. The Hall–Kier alpha value is -0.570. The Morgan fingerprint density at radius 3 is 2.75 bits per heavy atom. The number of hydrogen-bond donors (Lipinski definition) is 1. The first-order valence-electron chi connectivity index (χ1n) is 4.42. The van der Waals surface area contributed by atoms with Gasteiger partial charge in [0.15, 0.2) is 0 Å². The van der Waals surface area contributed by atoms with E-state index < -0.39 is 0 Å². The normalized spacial score (nSPS) is 36.1. The van der Waals surface area contributed by atoms with Crippen LogP contribution in [-0.4, -0.2) is 24.3 Å². The smallest absolute Gasteiger partial charge is 0.309 e. The van der Waals surface area contributed by atoms with Crippen molar-refractivity contribution < 1.29 is 14.6 Å². The van der Waals surface area contributed by atoms with Gasteiger partial charge in [0, 0.05) is 0 Å². The highest BCUT2D eigenvalue weighted by Gasteiger charge is 2.33. The molecule has 0 radical (unpaired) electrons. The zero-order valence-corrected chi connectivity index (χ0v) is 7.62. The summed E-state index contributed by atoms with van der Waals surface area (Å²) in [6, 6.07) is 0. The van der Waals surface area contributed by atoms with Gasteiger partial charge in [-0.05, 0) is 25.2 Å². The Kier molecular flexibility index (Phi) is 3.09. The van der Waals surface area contributed by atoms with Gasteiger partial charge in [0.05, 0.1) is 19.1 Å². The SMILES string of the molecule is COC(=O)[C@H]1CCC[C@H](O)[C@H]1C. The van der Waals surface area contributed by atoms with Crippen LogP contribution in [-0.2, 0) is 9.53 Å². The summed E-state index contributed by atoms with van der Waals surface area (Å²) in [5, 5.41) is 9.48. The zero-order chi connectivity index (χ0) is 9.14. The van der Waals surface area contributed by atoms with Crippen LogP contribution in [0.2, 0.25) is 0 Å². The Labute approximate surface area is 72.7 Å². The Bertz CT molecular complexity index is 167. The fourth-order valence-corrected chi connectivity index (χ4v) is 1.82. The van der Waals surface area contributed by atoms with E-state index in [1.807, 2.05) is 6.92 Å². The van der Waals surface area contributed by atoms with Gasteiger partial charge >= 0.3 is 5.97 Å². The Balaban J connectivity index is 2.57. The molecular formula is C9H16O3. The predicted octanol–water partition coefficient (Wildman–Crippen LogP) is 0.956. The molecule has 0 heterocycles. The van der Waals surface area contributed by atoms with Crippen molar-refractivity contribution in [3.63, 3.8) is 0 Å². The van der Waals surface area contributed by atoms with Crippen LogP contribution in [0.25, 0.3) is 0 Å². The standard InChI is InChI=1S/C9H16O3/c1-6-7(9(11)12-2)4-3-5-8(6)10/h6-8,10H,3-5H2,1-2H3/t6-,7-,8-/m0/s1. The maximum atomic E-state index is 11.2. The highest BCUT2D eigenvalue weighted by Crippen LogP contribution is 2.30. The first-order chi connectivity index (χ1) is 5.66. The van der Waals surface area contributed by atoms with Gasteiger partial charge in [-0.25, -0.2) is 0 Å². The monoisotopic (exact) mass is 172 g/mol. The number of carbonyl (C=O) groups excluding carboxylic acids is 1. The summed E-state index contributed by atoms with van der Waals surface area (Å²) in [5.74, 6) is -0.230. The van der Waals surface area contributed by atoms with Crippen LogP contribution in [0.3, 0.4) is 0 Å². The second kappa shape index (κ2) is 3.90. The molecule has 0 aromatic carbocycles. The van der Waals surface area contributed by atoms with E-state index >= 15 is 0 Å². The van der Waals surface area contributed by atoms with Crippen molar-refractivity contribution in [1.82, 2.24) is 0 Å². The molecular weight excluding hydrogens is 156 g/mol. The minimum atomic E-state index is -0.331. The van der Waals surface area contributed by atoms with E-state index in [0.29, 0.717) is 0 Å². The summed E-state index contributed by atoms with van der Waals surface area (Å²) in [5.41, 5.74) is 0. The third-order valence-electron chi connectivity index (χ3n) is 2.76. The van der Waals surface area contributed by atoms with Crippen LogP contribution in [0.4, 0.5) is 0 Å². The van der Waals surface area contributed by atoms with Crippen LogP contribution >= 0.6 is 0 Å². The van der Waals surface area contributed by atoms with Crippen LogP contribution in [0.5, 0.6) is 0 Å². The van der Waals surface area contributed by atoms with E-state index in [1.54, 1.807) is 0 Å². The lowest BCUT2D eigenvalue weighted by Gasteiger charge is -2.30. The first kappa shape index (κ1) is 9.52. The molecule has 0 aliphatic heterocycles. The second-order valence-electron chi connectivity index (χ2n) is 3.49. The maximum absolute atomic E-state index is 11.2. The summed E-state index contributed by atoms with van der Waals surface area (Å²) in [7, 11) is 1.40. The number of esters is 1. The largest absolute Gasteiger partial charge is 0.469 e. The third kappa shape index (κ3) is 1.78.